The molecule has 2 aromatic carbocycles. The molecular weight excluding hydrogens is 384 g/mol. The van der Waals surface area contributed by atoms with Crippen LogP contribution in [-0.2, 0) is 22.4 Å². The zero-order chi connectivity index (χ0) is 20.4. The third-order valence-electron chi connectivity index (χ3n) is 4.88. The van der Waals surface area contributed by atoms with Crippen LogP contribution in [-0.4, -0.2) is 27.8 Å². The fourth-order valence-corrected chi connectivity index (χ4v) is 4.34. The molecular formula is C22H22N4O2S. The molecule has 2 amide bonds. The van der Waals surface area contributed by atoms with Crippen molar-refractivity contribution in [2.45, 2.75) is 32.7 Å². The van der Waals surface area contributed by atoms with Gasteiger partial charge in [0.05, 0.1) is 10.2 Å². The first-order valence-electron chi connectivity index (χ1n) is 9.56. The largest absolute Gasteiger partial charge is 0.361 e. The van der Waals surface area contributed by atoms with E-state index in [-0.39, 0.29) is 11.8 Å². The average molecular weight is 407 g/mol. The lowest BCUT2D eigenvalue weighted by molar-refractivity contribution is -0.125. The topological polar surface area (TPSA) is 86.9 Å². The van der Waals surface area contributed by atoms with Crippen molar-refractivity contribution in [2.75, 3.05) is 5.32 Å². The van der Waals surface area contributed by atoms with Gasteiger partial charge in [0, 0.05) is 30.4 Å². The number of aromatic amines is 1. The van der Waals surface area contributed by atoms with Crippen LogP contribution in [0, 0.1) is 0 Å². The molecule has 4 aromatic rings. The molecule has 2 aromatic heterocycles. The molecule has 0 fully saturated rings. The predicted octanol–water partition coefficient (Wildman–Crippen LogP) is 4.03. The maximum Gasteiger partial charge on any atom is 0.249 e. The summed E-state index contributed by atoms with van der Waals surface area (Å²) in [6.45, 7) is 3.52. The summed E-state index contributed by atoms with van der Waals surface area (Å²) in [6.07, 6.45) is 3.22. The number of carbonyl (C=O) groups is 2. The highest BCUT2D eigenvalue weighted by molar-refractivity contribution is 7.22. The van der Waals surface area contributed by atoms with Crippen molar-refractivity contribution >= 4 is 49.4 Å². The first-order chi connectivity index (χ1) is 14.0. The molecule has 0 radical (unpaired) electrons. The van der Waals surface area contributed by atoms with Crippen LogP contribution in [0.1, 0.15) is 25.0 Å². The molecule has 6 nitrogen and oxygen atoms in total. The first-order valence-corrected chi connectivity index (χ1v) is 10.4. The lowest BCUT2D eigenvalue weighted by Gasteiger charge is -2.16. The molecule has 0 aliphatic heterocycles. The van der Waals surface area contributed by atoms with Gasteiger partial charge in [0.25, 0.3) is 0 Å². The molecule has 0 spiro atoms. The van der Waals surface area contributed by atoms with E-state index in [1.54, 1.807) is 0 Å². The molecule has 1 atom stereocenters. The molecule has 29 heavy (non-hydrogen) atoms. The minimum Gasteiger partial charge on any atom is -0.361 e. The second kappa shape index (κ2) is 8.05. The number of amides is 2. The smallest absolute Gasteiger partial charge is 0.249 e. The Hall–Kier alpha value is -3.19. The highest BCUT2D eigenvalue weighted by atomic mass is 32.1. The van der Waals surface area contributed by atoms with E-state index in [1.165, 1.54) is 23.8 Å². The van der Waals surface area contributed by atoms with Crippen LogP contribution in [0.4, 0.5) is 5.13 Å². The normalized spacial score (nSPS) is 12.2. The Balaban J connectivity index is 1.56. The van der Waals surface area contributed by atoms with Gasteiger partial charge < -0.3 is 15.6 Å². The number of aromatic nitrogens is 2. The Kier molecular flexibility index (Phi) is 5.31. The van der Waals surface area contributed by atoms with Gasteiger partial charge in [-0.2, -0.15) is 0 Å². The van der Waals surface area contributed by atoms with Gasteiger partial charge >= 0.3 is 0 Å². The van der Waals surface area contributed by atoms with Gasteiger partial charge in [-0.25, -0.2) is 4.98 Å². The second-order valence-electron chi connectivity index (χ2n) is 6.98. The molecule has 3 N–H and O–H groups in total. The third-order valence-corrected chi connectivity index (χ3v) is 5.82. The molecule has 148 valence electrons. The Morgan fingerprint density at radius 2 is 2.03 bits per heavy atom. The van der Waals surface area contributed by atoms with Crippen LogP contribution in [0.15, 0.2) is 48.7 Å². The minimum atomic E-state index is -0.690. The Morgan fingerprint density at radius 3 is 2.83 bits per heavy atom. The zero-order valence-electron chi connectivity index (χ0n) is 16.3. The third kappa shape index (κ3) is 4.14. The summed E-state index contributed by atoms with van der Waals surface area (Å²) < 4.78 is 1.03. The minimum absolute atomic E-state index is 0.248. The number of H-pyrrole nitrogens is 1. The van der Waals surface area contributed by atoms with Crippen molar-refractivity contribution in [1.29, 1.82) is 0 Å². The molecule has 0 aliphatic carbocycles. The van der Waals surface area contributed by atoms with Crippen LogP contribution in [0.2, 0.25) is 0 Å². The zero-order valence-corrected chi connectivity index (χ0v) is 17.1. The molecule has 0 saturated carbocycles. The molecule has 2 heterocycles. The maximum absolute atomic E-state index is 12.9. The van der Waals surface area contributed by atoms with Crippen molar-refractivity contribution in [3.8, 4) is 0 Å². The number of rotatable bonds is 6. The van der Waals surface area contributed by atoms with E-state index in [2.05, 4.69) is 33.6 Å². The summed E-state index contributed by atoms with van der Waals surface area (Å²) in [4.78, 5) is 32.4. The van der Waals surface area contributed by atoms with Crippen molar-refractivity contribution in [3.05, 3.63) is 59.8 Å². The number of aryl methyl sites for hydroxylation is 1. The van der Waals surface area contributed by atoms with Crippen molar-refractivity contribution in [2.24, 2.45) is 0 Å². The van der Waals surface area contributed by atoms with Crippen molar-refractivity contribution in [3.63, 3.8) is 0 Å². The van der Waals surface area contributed by atoms with Gasteiger partial charge in [-0.3, -0.25) is 9.59 Å². The van der Waals surface area contributed by atoms with Crippen LogP contribution < -0.4 is 10.6 Å². The van der Waals surface area contributed by atoms with Crippen molar-refractivity contribution < 1.29 is 9.59 Å². The average Bonchev–Trinajstić information content (AvgIpc) is 3.30. The van der Waals surface area contributed by atoms with E-state index >= 15 is 0 Å². The lowest BCUT2D eigenvalue weighted by Crippen LogP contribution is -2.44. The SMILES string of the molecule is CCc1ccc2nc(NC(=O)[C@H](Cc3c[nH]c4ccccc34)NC(C)=O)sc2c1. The van der Waals surface area contributed by atoms with Crippen LogP contribution >= 0.6 is 11.3 Å². The van der Waals surface area contributed by atoms with E-state index in [0.717, 1.165) is 33.1 Å². The number of fused-ring (bicyclic) bond motifs is 2. The fraction of sp³-hybridized carbons (Fsp3) is 0.227. The molecule has 7 heteroatoms. The number of benzene rings is 2. The number of nitrogens with zero attached hydrogens (tertiary/aromatic N) is 1. The Morgan fingerprint density at radius 1 is 1.21 bits per heavy atom. The quantitative estimate of drug-likeness (QED) is 0.452. The monoisotopic (exact) mass is 406 g/mol. The highest BCUT2D eigenvalue weighted by Gasteiger charge is 2.22. The van der Waals surface area contributed by atoms with Gasteiger partial charge in [0.15, 0.2) is 5.13 Å². The lowest BCUT2D eigenvalue weighted by atomic mass is 10.0. The van der Waals surface area contributed by atoms with E-state index in [4.69, 9.17) is 0 Å². The standard InChI is InChI=1S/C22H22N4O2S/c1-3-14-8-9-18-20(10-14)29-22(25-18)26-21(28)19(24-13(2)27)11-15-12-23-17-7-5-4-6-16(15)17/h4-10,12,19,23H,3,11H2,1-2H3,(H,24,27)(H,25,26,28)/t19-/m0/s1. The fourth-order valence-electron chi connectivity index (χ4n) is 3.41. The summed E-state index contributed by atoms with van der Waals surface area (Å²) in [7, 11) is 0. The summed E-state index contributed by atoms with van der Waals surface area (Å²) in [5.41, 5.74) is 4.07. The number of hydrogen-bond acceptors (Lipinski definition) is 4. The summed E-state index contributed by atoms with van der Waals surface area (Å²) in [5.74, 6) is -0.526. The van der Waals surface area contributed by atoms with Gasteiger partial charge in [0.1, 0.15) is 6.04 Å². The van der Waals surface area contributed by atoms with Crippen LogP contribution in [0.3, 0.4) is 0 Å². The molecule has 0 aliphatic rings. The van der Waals surface area contributed by atoms with Gasteiger partial charge in [-0.15, -0.1) is 0 Å². The summed E-state index contributed by atoms with van der Waals surface area (Å²) in [5, 5.41) is 7.22. The Labute approximate surface area is 172 Å². The van der Waals surface area contributed by atoms with Gasteiger partial charge in [-0.1, -0.05) is 42.5 Å². The Bertz CT molecular complexity index is 1190. The number of para-hydroxylation sites is 1. The number of anilines is 1. The van der Waals surface area contributed by atoms with E-state index in [0.29, 0.717) is 11.6 Å². The highest BCUT2D eigenvalue weighted by Crippen LogP contribution is 2.27. The van der Waals surface area contributed by atoms with Crippen LogP contribution in [0.25, 0.3) is 21.1 Å². The number of carbonyl (C=O) groups excluding carboxylic acids is 2. The van der Waals surface area contributed by atoms with Gasteiger partial charge in [0.2, 0.25) is 11.8 Å². The molecule has 4 rings (SSSR count). The molecule has 0 unspecified atom stereocenters. The number of thiazole rings is 1. The first kappa shape index (κ1) is 19.1. The predicted molar refractivity (Wildman–Crippen MR) is 117 cm³/mol. The second-order valence-corrected chi connectivity index (χ2v) is 8.01. The number of nitrogens with one attached hydrogen (secondary N) is 3. The van der Waals surface area contributed by atoms with Gasteiger partial charge in [-0.05, 0) is 35.7 Å². The molecule has 0 bridgehead atoms. The van der Waals surface area contributed by atoms with Crippen molar-refractivity contribution in [1.82, 2.24) is 15.3 Å². The van der Waals surface area contributed by atoms with Crippen LogP contribution in [0.5, 0.6) is 0 Å². The maximum atomic E-state index is 12.9. The van der Waals surface area contributed by atoms with E-state index < -0.39 is 6.04 Å². The molecule has 0 saturated heterocycles. The summed E-state index contributed by atoms with van der Waals surface area (Å²) in [6, 6.07) is 13.3. The number of hydrogen-bond donors (Lipinski definition) is 3. The van der Waals surface area contributed by atoms with E-state index in [1.807, 2.05) is 42.6 Å². The summed E-state index contributed by atoms with van der Waals surface area (Å²) >= 11 is 1.44. The van der Waals surface area contributed by atoms with E-state index in [9.17, 15) is 9.59 Å².